The molecule has 24 heavy (non-hydrogen) atoms. The van der Waals surface area contributed by atoms with E-state index in [1.54, 1.807) is 6.92 Å². The number of ether oxygens (including phenoxy) is 1. The second-order valence-electron chi connectivity index (χ2n) is 9.62. The van der Waals surface area contributed by atoms with E-state index in [9.17, 15) is 9.59 Å². The van der Waals surface area contributed by atoms with Gasteiger partial charge in [-0.3, -0.25) is 9.59 Å². The number of carbonyl (C=O) groups is 2. The maximum Gasteiger partial charge on any atom is 0.302 e. The highest BCUT2D eigenvalue weighted by Gasteiger charge is 2.60. The molecule has 7 atom stereocenters. The fraction of sp³-hybridized carbons (Fsp3) is 0.905. The summed E-state index contributed by atoms with van der Waals surface area (Å²) in [7, 11) is 0. The third-order valence-corrected chi connectivity index (χ3v) is 8.70. The van der Waals surface area contributed by atoms with Crippen molar-refractivity contribution >= 4 is 11.8 Å². The average molecular weight is 332 g/mol. The lowest BCUT2D eigenvalue weighted by molar-refractivity contribution is -0.162. The van der Waals surface area contributed by atoms with Gasteiger partial charge in [0.15, 0.2) is 0 Å². The number of esters is 1. The first-order valence-corrected chi connectivity index (χ1v) is 10.0. The smallest absolute Gasteiger partial charge is 0.302 e. The predicted octanol–water partition coefficient (Wildman–Crippen LogP) is 4.53. The molecule has 4 aliphatic carbocycles. The van der Waals surface area contributed by atoms with Crippen molar-refractivity contribution in [2.75, 3.05) is 0 Å². The van der Waals surface area contributed by atoms with Gasteiger partial charge in [-0.15, -0.1) is 0 Å². The number of ketones is 1. The molecule has 3 heteroatoms. The van der Waals surface area contributed by atoms with Crippen molar-refractivity contribution in [3.63, 3.8) is 0 Å². The molecule has 0 heterocycles. The molecule has 0 aromatic heterocycles. The lowest BCUT2D eigenvalue weighted by atomic mass is 9.45. The van der Waals surface area contributed by atoms with Crippen LogP contribution >= 0.6 is 0 Å². The van der Waals surface area contributed by atoms with Gasteiger partial charge in [-0.05, 0) is 74.0 Å². The zero-order valence-electron chi connectivity index (χ0n) is 15.5. The standard InChI is InChI=1S/C21H32O3/c1-13(22)24-19-7-6-17-16-5-4-14-12-15(23)8-10-20(14,2)18(16)9-11-21(17,19)3/h14,16-19H,4-12H2,1-3H3/t14-,16-,17+,18-,19+,20-,21-/m0/s1. The molecule has 0 aromatic rings. The molecule has 0 amide bonds. The van der Waals surface area contributed by atoms with Gasteiger partial charge in [0.25, 0.3) is 0 Å². The van der Waals surface area contributed by atoms with E-state index in [-0.39, 0.29) is 17.5 Å². The van der Waals surface area contributed by atoms with Gasteiger partial charge >= 0.3 is 5.97 Å². The molecule has 4 rings (SSSR count). The Hall–Kier alpha value is -0.860. The number of fused-ring (bicyclic) bond motifs is 5. The largest absolute Gasteiger partial charge is 0.462 e. The summed E-state index contributed by atoms with van der Waals surface area (Å²) in [5, 5.41) is 0. The van der Waals surface area contributed by atoms with Crippen LogP contribution in [0.5, 0.6) is 0 Å². The van der Waals surface area contributed by atoms with Gasteiger partial charge in [0, 0.05) is 25.2 Å². The van der Waals surface area contributed by atoms with Crippen LogP contribution in [0, 0.1) is 34.5 Å². The van der Waals surface area contributed by atoms with Crippen LogP contribution in [-0.2, 0) is 14.3 Å². The Morgan fingerprint density at radius 1 is 1.00 bits per heavy atom. The van der Waals surface area contributed by atoms with Crippen molar-refractivity contribution in [1.82, 2.24) is 0 Å². The number of Topliss-reactive ketones (excluding diaryl/α,β-unsaturated/α-hetero) is 1. The molecule has 0 spiro atoms. The molecule has 4 aliphatic rings. The highest BCUT2D eigenvalue weighted by atomic mass is 16.5. The van der Waals surface area contributed by atoms with Gasteiger partial charge in [-0.1, -0.05) is 13.8 Å². The lowest BCUT2D eigenvalue weighted by Gasteiger charge is -2.60. The number of hydrogen-bond acceptors (Lipinski definition) is 3. The van der Waals surface area contributed by atoms with Gasteiger partial charge in [0.2, 0.25) is 0 Å². The molecule has 0 N–H and O–H groups in total. The van der Waals surface area contributed by atoms with E-state index >= 15 is 0 Å². The first-order valence-electron chi connectivity index (χ1n) is 10.0. The molecular weight excluding hydrogens is 300 g/mol. The summed E-state index contributed by atoms with van der Waals surface area (Å²) in [6.07, 6.45) is 10.1. The van der Waals surface area contributed by atoms with Crippen molar-refractivity contribution in [3.05, 3.63) is 0 Å². The van der Waals surface area contributed by atoms with E-state index < -0.39 is 0 Å². The molecule has 0 aromatic carbocycles. The van der Waals surface area contributed by atoms with E-state index in [1.165, 1.54) is 32.1 Å². The summed E-state index contributed by atoms with van der Waals surface area (Å²) in [5.41, 5.74) is 0.554. The monoisotopic (exact) mass is 332 g/mol. The molecule has 0 aliphatic heterocycles. The average Bonchev–Trinajstić information content (AvgIpc) is 2.84. The summed E-state index contributed by atoms with van der Waals surface area (Å²) in [6, 6.07) is 0. The Balaban J connectivity index is 1.58. The van der Waals surface area contributed by atoms with Gasteiger partial charge in [0.1, 0.15) is 11.9 Å². The Bertz CT molecular complexity index is 555. The van der Waals surface area contributed by atoms with Crippen LogP contribution in [0.4, 0.5) is 0 Å². The zero-order valence-corrected chi connectivity index (χ0v) is 15.5. The minimum Gasteiger partial charge on any atom is -0.462 e. The lowest BCUT2D eigenvalue weighted by Crippen LogP contribution is -2.54. The summed E-state index contributed by atoms with van der Waals surface area (Å²) in [6.45, 7) is 6.42. The van der Waals surface area contributed by atoms with Gasteiger partial charge in [-0.2, -0.15) is 0 Å². The molecule has 0 saturated heterocycles. The third-order valence-electron chi connectivity index (χ3n) is 8.70. The Kier molecular flexibility index (Phi) is 3.85. The van der Waals surface area contributed by atoms with Crippen LogP contribution in [0.3, 0.4) is 0 Å². The predicted molar refractivity (Wildman–Crippen MR) is 92.3 cm³/mol. The fourth-order valence-corrected chi connectivity index (χ4v) is 7.39. The van der Waals surface area contributed by atoms with Crippen LogP contribution in [0.2, 0.25) is 0 Å². The first kappa shape index (κ1) is 16.6. The van der Waals surface area contributed by atoms with E-state index in [1.807, 2.05) is 0 Å². The van der Waals surface area contributed by atoms with E-state index in [4.69, 9.17) is 4.74 Å². The van der Waals surface area contributed by atoms with Crippen LogP contribution < -0.4 is 0 Å². The van der Waals surface area contributed by atoms with Gasteiger partial charge < -0.3 is 4.74 Å². The van der Waals surface area contributed by atoms with Gasteiger partial charge in [-0.25, -0.2) is 0 Å². The Morgan fingerprint density at radius 3 is 2.50 bits per heavy atom. The summed E-state index contributed by atoms with van der Waals surface area (Å²) in [5.74, 6) is 3.25. The van der Waals surface area contributed by atoms with Crippen LogP contribution in [0.15, 0.2) is 0 Å². The fourth-order valence-electron chi connectivity index (χ4n) is 7.39. The maximum atomic E-state index is 12.0. The van der Waals surface area contributed by atoms with Crippen molar-refractivity contribution in [1.29, 1.82) is 0 Å². The molecule has 0 bridgehead atoms. The second kappa shape index (κ2) is 5.57. The molecule has 0 radical (unpaired) electrons. The van der Waals surface area contributed by atoms with Crippen molar-refractivity contribution < 1.29 is 14.3 Å². The van der Waals surface area contributed by atoms with Crippen molar-refractivity contribution in [2.45, 2.75) is 84.7 Å². The van der Waals surface area contributed by atoms with Crippen molar-refractivity contribution in [2.24, 2.45) is 34.5 Å². The van der Waals surface area contributed by atoms with E-state index in [0.717, 1.165) is 37.5 Å². The highest BCUT2D eigenvalue weighted by molar-refractivity contribution is 5.79. The summed E-state index contributed by atoms with van der Waals surface area (Å²) < 4.78 is 5.73. The Morgan fingerprint density at radius 2 is 1.75 bits per heavy atom. The van der Waals surface area contributed by atoms with Gasteiger partial charge in [0.05, 0.1) is 0 Å². The minimum atomic E-state index is -0.120. The maximum absolute atomic E-state index is 12.0. The quantitative estimate of drug-likeness (QED) is 0.663. The molecule has 0 unspecified atom stereocenters. The summed E-state index contributed by atoms with van der Waals surface area (Å²) in [4.78, 5) is 23.5. The number of carbonyl (C=O) groups excluding carboxylic acids is 2. The second-order valence-corrected chi connectivity index (χ2v) is 9.62. The molecule has 4 saturated carbocycles. The first-order chi connectivity index (χ1) is 11.3. The SMILES string of the molecule is CC(=O)O[C@@H]1CC[C@@H]2[C@@H]3CC[C@H]4CC(=O)CC[C@]4(C)[C@H]3CC[C@@]21C. The molecule has 3 nitrogen and oxygen atoms in total. The molecule has 134 valence electrons. The summed E-state index contributed by atoms with van der Waals surface area (Å²) >= 11 is 0. The van der Waals surface area contributed by atoms with Crippen LogP contribution in [0.25, 0.3) is 0 Å². The molecular formula is C21H32O3. The zero-order chi connectivity index (χ0) is 17.1. The van der Waals surface area contributed by atoms with Crippen LogP contribution in [-0.4, -0.2) is 17.9 Å². The minimum absolute atomic E-state index is 0.120. The van der Waals surface area contributed by atoms with Crippen molar-refractivity contribution in [3.8, 4) is 0 Å². The normalized spacial score (nSPS) is 50.6. The van der Waals surface area contributed by atoms with E-state index in [0.29, 0.717) is 23.0 Å². The third kappa shape index (κ3) is 2.29. The Labute approximate surface area is 145 Å². The highest BCUT2D eigenvalue weighted by Crippen LogP contribution is 2.66. The topological polar surface area (TPSA) is 43.4 Å². The van der Waals surface area contributed by atoms with E-state index in [2.05, 4.69) is 13.8 Å². The van der Waals surface area contributed by atoms with Crippen LogP contribution in [0.1, 0.15) is 78.6 Å². The molecule has 4 fully saturated rings. The number of rotatable bonds is 1. The number of hydrogen-bond donors (Lipinski definition) is 0.